The average Bonchev–Trinajstić information content (AvgIpc) is 2.84. The Hall–Kier alpha value is -2.04. The Morgan fingerprint density at radius 2 is 1.92 bits per heavy atom. The van der Waals surface area contributed by atoms with Gasteiger partial charge in [0.25, 0.3) is 5.91 Å². The SMILES string of the molecule is CCOc1cccn2c(C(=O)NC(C)(C)CC(C)(C)C)c(CC)nc12. The van der Waals surface area contributed by atoms with Gasteiger partial charge in [-0.05, 0) is 51.2 Å². The first-order valence-corrected chi connectivity index (χ1v) is 9.03. The van der Waals surface area contributed by atoms with Crippen molar-refractivity contribution in [1.29, 1.82) is 0 Å². The number of ether oxygens (including phenoxy) is 1. The maximum absolute atomic E-state index is 13.1. The van der Waals surface area contributed by atoms with Gasteiger partial charge in [-0.3, -0.25) is 9.20 Å². The number of hydrogen-bond donors (Lipinski definition) is 1. The molecule has 0 unspecified atom stereocenters. The molecule has 0 spiro atoms. The number of nitrogens with zero attached hydrogens (tertiary/aromatic N) is 2. The lowest BCUT2D eigenvalue weighted by molar-refractivity contribution is 0.0884. The summed E-state index contributed by atoms with van der Waals surface area (Å²) in [5.74, 6) is 0.611. The highest BCUT2D eigenvalue weighted by Gasteiger charge is 2.29. The first-order chi connectivity index (χ1) is 11.6. The van der Waals surface area contributed by atoms with E-state index in [4.69, 9.17) is 4.74 Å². The number of hydrogen-bond acceptors (Lipinski definition) is 3. The summed E-state index contributed by atoms with van der Waals surface area (Å²) in [6.45, 7) is 15.2. The molecule has 138 valence electrons. The predicted molar refractivity (Wildman–Crippen MR) is 101 cm³/mol. The van der Waals surface area contributed by atoms with Crippen LogP contribution in [0, 0.1) is 5.41 Å². The summed E-state index contributed by atoms with van der Waals surface area (Å²) in [5, 5.41) is 3.19. The quantitative estimate of drug-likeness (QED) is 0.852. The van der Waals surface area contributed by atoms with Gasteiger partial charge in [0.15, 0.2) is 11.4 Å². The maximum Gasteiger partial charge on any atom is 0.270 e. The van der Waals surface area contributed by atoms with Gasteiger partial charge in [0.1, 0.15) is 5.69 Å². The van der Waals surface area contributed by atoms with E-state index < -0.39 is 0 Å². The minimum absolute atomic E-state index is 0.0905. The van der Waals surface area contributed by atoms with Gasteiger partial charge in [0.2, 0.25) is 0 Å². The summed E-state index contributed by atoms with van der Waals surface area (Å²) in [6.07, 6.45) is 3.44. The van der Waals surface area contributed by atoms with Crippen molar-refractivity contribution >= 4 is 11.6 Å². The highest BCUT2D eigenvalue weighted by Crippen LogP contribution is 2.28. The van der Waals surface area contributed by atoms with Gasteiger partial charge in [-0.25, -0.2) is 4.98 Å². The van der Waals surface area contributed by atoms with Gasteiger partial charge in [-0.1, -0.05) is 27.7 Å². The van der Waals surface area contributed by atoms with Gasteiger partial charge >= 0.3 is 0 Å². The smallest absolute Gasteiger partial charge is 0.270 e. The molecule has 0 aromatic carbocycles. The lowest BCUT2D eigenvalue weighted by Crippen LogP contribution is -2.46. The summed E-state index contributed by atoms with van der Waals surface area (Å²) < 4.78 is 7.50. The number of aryl methyl sites for hydroxylation is 1. The molecule has 2 aromatic heterocycles. The Kier molecular flexibility index (Phi) is 5.45. The fourth-order valence-electron chi connectivity index (χ4n) is 3.58. The molecule has 0 saturated heterocycles. The Balaban J connectivity index is 2.42. The molecule has 1 amide bonds. The molecule has 5 nitrogen and oxygen atoms in total. The standard InChI is InChI=1S/C20H31N3O2/c1-8-14-16(18(24)22-20(6,7)13-19(3,4)5)23-12-10-11-15(25-9-2)17(23)21-14/h10-12H,8-9,13H2,1-7H3,(H,22,24). The van der Waals surface area contributed by atoms with Crippen LogP contribution in [0.4, 0.5) is 0 Å². The minimum atomic E-state index is -0.304. The molecule has 0 aliphatic rings. The van der Waals surface area contributed by atoms with Crippen molar-refractivity contribution in [3.05, 3.63) is 29.7 Å². The summed E-state index contributed by atoms with van der Waals surface area (Å²) in [7, 11) is 0. The Labute approximate surface area is 150 Å². The molecule has 2 rings (SSSR count). The van der Waals surface area contributed by atoms with Crippen molar-refractivity contribution in [2.75, 3.05) is 6.61 Å². The molecule has 0 aliphatic heterocycles. The molecule has 0 bridgehead atoms. The number of nitrogens with one attached hydrogen (secondary N) is 1. The van der Waals surface area contributed by atoms with Crippen LogP contribution in [0.1, 0.15) is 71.1 Å². The number of imidazole rings is 1. The van der Waals surface area contributed by atoms with Crippen LogP contribution in [0.15, 0.2) is 18.3 Å². The largest absolute Gasteiger partial charge is 0.490 e. The van der Waals surface area contributed by atoms with E-state index in [9.17, 15) is 4.79 Å². The number of rotatable bonds is 6. The second kappa shape index (κ2) is 7.06. The van der Waals surface area contributed by atoms with Gasteiger partial charge in [0, 0.05) is 11.7 Å². The van der Waals surface area contributed by atoms with Crippen LogP contribution in [-0.2, 0) is 6.42 Å². The molecule has 0 fully saturated rings. The highest BCUT2D eigenvalue weighted by molar-refractivity contribution is 5.95. The maximum atomic E-state index is 13.1. The third kappa shape index (κ3) is 4.53. The fourth-order valence-corrected chi connectivity index (χ4v) is 3.58. The van der Waals surface area contributed by atoms with Crippen LogP contribution in [0.25, 0.3) is 5.65 Å². The minimum Gasteiger partial charge on any atom is -0.490 e. The molecule has 2 heterocycles. The van der Waals surface area contributed by atoms with Crippen molar-refractivity contribution < 1.29 is 9.53 Å². The van der Waals surface area contributed by atoms with Gasteiger partial charge in [0.05, 0.1) is 12.3 Å². The zero-order chi connectivity index (χ0) is 18.8. The van der Waals surface area contributed by atoms with E-state index >= 15 is 0 Å². The molecule has 0 radical (unpaired) electrons. The number of carbonyl (C=O) groups is 1. The monoisotopic (exact) mass is 345 g/mol. The third-order valence-electron chi connectivity index (χ3n) is 3.96. The van der Waals surface area contributed by atoms with Crippen molar-refractivity contribution in [2.45, 2.75) is 66.8 Å². The van der Waals surface area contributed by atoms with Crippen LogP contribution < -0.4 is 10.1 Å². The van der Waals surface area contributed by atoms with E-state index in [0.717, 1.165) is 12.1 Å². The predicted octanol–water partition coefficient (Wildman–Crippen LogP) is 4.24. The van der Waals surface area contributed by atoms with Crippen LogP contribution in [-0.4, -0.2) is 27.4 Å². The normalized spacial score (nSPS) is 12.4. The van der Waals surface area contributed by atoms with Crippen LogP contribution in [0.2, 0.25) is 0 Å². The van der Waals surface area contributed by atoms with Crippen molar-refractivity contribution in [3.8, 4) is 5.75 Å². The summed E-state index contributed by atoms with van der Waals surface area (Å²) >= 11 is 0. The lowest BCUT2D eigenvalue weighted by Gasteiger charge is -2.33. The van der Waals surface area contributed by atoms with Gasteiger partial charge in [-0.15, -0.1) is 0 Å². The molecule has 2 aromatic rings. The first kappa shape index (κ1) is 19.3. The van der Waals surface area contributed by atoms with Crippen LogP contribution >= 0.6 is 0 Å². The second-order valence-corrected chi connectivity index (χ2v) is 8.34. The van der Waals surface area contributed by atoms with Gasteiger partial charge < -0.3 is 10.1 Å². The number of amides is 1. The third-order valence-corrected chi connectivity index (χ3v) is 3.96. The second-order valence-electron chi connectivity index (χ2n) is 8.34. The van der Waals surface area contributed by atoms with E-state index in [1.54, 1.807) is 0 Å². The average molecular weight is 345 g/mol. The number of pyridine rings is 1. The first-order valence-electron chi connectivity index (χ1n) is 9.03. The molecule has 5 heteroatoms. The summed E-state index contributed by atoms with van der Waals surface area (Å²) in [5.41, 5.74) is 1.91. The number of fused-ring (bicyclic) bond motifs is 1. The Morgan fingerprint density at radius 3 is 2.48 bits per heavy atom. The van der Waals surface area contributed by atoms with Crippen LogP contribution in [0.5, 0.6) is 5.75 Å². The summed E-state index contributed by atoms with van der Waals surface area (Å²) in [4.78, 5) is 17.7. The highest BCUT2D eigenvalue weighted by atomic mass is 16.5. The number of aromatic nitrogens is 2. The molecule has 25 heavy (non-hydrogen) atoms. The van der Waals surface area contributed by atoms with Crippen molar-refractivity contribution in [2.24, 2.45) is 5.41 Å². The van der Waals surface area contributed by atoms with Crippen molar-refractivity contribution in [3.63, 3.8) is 0 Å². The van der Waals surface area contributed by atoms with Crippen molar-refractivity contribution in [1.82, 2.24) is 14.7 Å². The number of carbonyl (C=O) groups excluding carboxylic acids is 1. The topological polar surface area (TPSA) is 55.6 Å². The Morgan fingerprint density at radius 1 is 1.24 bits per heavy atom. The Bertz CT molecular complexity index is 754. The van der Waals surface area contributed by atoms with E-state index in [2.05, 4.69) is 44.9 Å². The van der Waals surface area contributed by atoms with E-state index in [0.29, 0.717) is 30.1 Å². The molecular formula is C20H31N3O2. The molecule has 0 saturated carbocycles. The molecule has 0 atom stereocenters. The lowest BCUT2D eigenvalue weighted by atomic mass is 9.82. The van der Waals surface area contributed by atoms with E-state index in [1.165, 1.54) is 0 Å². The zero-order valence-electron chi connectivity index (χ0n) is 16.6. The van der Waals surface area contributed by atoms with Crippen LogP contribution in [0.3, 0.4) is 0 Å². The fraction of sp³-hybridized carbons (Fsp3) is 0.600. The molecule has 1 N–H and O–H groups in total. The zero-order valence-corrected chi connectivity index (χ0v) is 16.6. The van der Waals surface area contributed by atoms with Gasteiger partial charge in [-0.2, -0.15) is 0 Å². The summed E-state index contributed by atoms with van der Waals surface area (Å²) in [6, 6.07) is 3.77. The molecular weight excluding hydrogens is 314 g/mol. The molecule has 0 aliphatic carbocycles. The van der Waals surface area contributed by atoms with E-state index in [1.807, 2.05) is 36.6 Å². The van der Waals surface area contributed by atoms with E-state index in [-0.39, 0.29) is 16.9 Å².